The van der Waals surface area contributed by atoms with Crippen molar-refractivity contribution in [2.45, 2.75) is 151 Å². The molecule has 4 N–H and O–H groups in total. The second-order valence-corrected chi connectivity index (χ2v) is 20.8. The van der Waals surface area contributed by atoms with E-state index in [4.69, 9.17) is 14.5 Å². The highest BCUT2D eigenvalue weighted by atomic mass is 32.2. The number of urea groups is 1. The van der Waals surface area contributed by atoms with Crippen LogP contribution in [0.3, 0.4) is 0 Å². The van der Waals surface area contributed by atoms with Crippen molar-refractivity contribution in [1.82, 2.24) is 30.6 Å². The Bertz CT molecular complexity index is 2140. The fraction of sp³-hybridized carbons (Fsp3) is 0.643. The molecule has 1 aromatic carbocycles. The van der Waals surface area contributed by atoms with Crippen molar-refractivity contribution >= 4 is 44.7 Å². The molecule has 5 amide bonds. The number of hydrogen-bond donors (Lipinski definition) is 4. The highest BCUT2D eigenvalue weighted by Crippen LogP contribution is 2.52. The van der Waals surface area contributed by atoms with Gasteiger partial charge < -0.3 is 30.3 Å². The third-order valence-electron chi connectivity index (χ3n) is 12.8. The number of ether oxygens (including phenoxy) is 2. The van der Waals surface area contributed by atoms with E-state index in [1.54, 1.807) is 14.0 Å². The van der Waals surface area contributed by atoms with Gasteiger partial charge in [-0.1, -0.05) is 25.0 Å². The zero-order valence-corrected chi connectivity index (χ0v) is 34.5. The Balaban J connectivity index is 1.15. The number of carbonyl (C=O) groups is 4. The monoisotopic (exact) mass is 804 g/mol. The fourth-order valence-corrected chi connectivity index (χ4v) is 10.1. The maximum Gasteiger partial charge on any atom is 0.315 e. The standard InChI is InChI=1S/C42H56N6O8S/c1-39(2,3)46-38(52)44-30-12-10-8-6-7-9-11-26-22-42(26,37(51)47-57(53,54)40(4)19-20-40)45-35(49)32-23-41(24-48(32)36(30)50)18-17-29-28-16-15-27(55-5)21-31(28)43-33(25-13-14-25)34(29)56-41/h9,11,15-16,21,25-26,30,32H,6-8,10,12-14,17-20,22-24H2,1-5H3,(H,45,49)(H,47,51)(H2,44,46,52)/b11-9-/t26-,30+,32+,41-,42-/m1/s1. The molecule has 3 saturated carbocycles. The van der Waals surface area contributed by atoms with Crippen LogP contribution in [0.5, 0.6) is 11.5 Å². The number of aromatic nitrogens is 1. The minimum atomic E-state index is -3.98. The van der Waals surface area contributed by atoms with E-state index in [2.05, 4.69) is 20.7 Å². The third kappa shape index (κ3) is 7.68. The molecule has 0 bridgehead atoms. The Hall–Kier alpha value is -4.40. The third-order valence-corrected chi connectivity index (χ3v) is 15.0. The average Bonchev–Trinajstić information content (AvgIpc) is 4.08. The van der Waals surface area contributed by atoms with E-state index in [1.807, 2.05) is 51.1 Å². The van der Waals surface area contributed by atoms with Gasteiger partial charge in [0.2, 0.25) is 21.8 Å². The number of rotatable bonds is 6. The first-order valence-corrected chi connectivity index (χ1v) is 22.1. The van der Waals surface area contributed by atoms with Crippen molar-refractivity contribution < 1.29 is 37.1 Å². The largest absolute Gasteiger partial charge is 0.497 e. The Kier molecular flexibility index (Phi) is 9.79. The highest BCUT2D eigenvalue weighted by Gasteiger charge is 2.64. The lowest BCUT2D eigenvalue weighted by atomic mass is 9.86. The fourth-order valence-electron chi connectivity index (χ4n) is 8.83. The molecule has 5 atom stereocenters. The van der Waals surface area contributed by atoms with Gasteiger partial charge in [-0.05, 0) is 104 Å². The molecule has 308 valence electrons. The normalized spacial score (nSPS) is 30.3. The molecule has 57 heavy (non-hydrogen) atoms. The number of aryl methyl sites for hydroxylation is 1. The number of amides is 5. The number of carbonyl (C=O) groups excluding carboxylic acids is 4. The van der Waals surface area contributed by atoms with Crippen molar-refractivity contribution in [2.24, 2.45) is 5.92 Å². The van der Waals surface area contributed by atoms with Gasteiger partial charge in [-0.25, -0.2) is 18.2 Å². The summed E-state index contributed by atoms with van der Waals surface area (Å²) in [6, 6.07) is 3.38. The van der Waals surface area contributed by atoms with E-state index in [-0.39, 0.29) is 25.3 Å². The minimum absolute atomic E-state index is 0.0858. The molecule has 15 heteroatoms. The Morgan fingerprint density at radius 2 is 1.82 bits per heavy atom. The van der Waals surface area contributed by atoms with Crippen molar-refractivity contribution in [1.29, 1.82) is 0 Å². The number of allylic oxidation sites excluding steroid dienone is 1. The summed E-state index contributed by atoms with van der Waals surface area (Å²) >= 11 is 0. The molecule has 1 aromatic heterocycles. The summed E-state index contributed by atoms with van der Waals surface area (Å²) in [5.74, 6) is -0.483. The number of methoxy groups -OCH3 is 1. The summed E-state index contributed by atoms with van der Waals surface area (Å²) in [5.41, 5.74) is -0.253. The van der Waals surface area contributed by atoms with Crippen LogP contribution in [-0.4, -0.2) is 89.2 Å². The number of hydrogen-bond acceptors (Lipinski definition) is 9. The Labute approximate surface area is 334 Å². The van der Waals surface area contributed by atoms with E-state index in [1.165, 1.54) is 4.90 Å². The molecule has 8 rings (SSSR count). The zero-order chi connectivity index (χ0) is 40.5. The molecule has 3 aliphatic heterocycles. The average molecular weight is 805 g/mol. The maximum absolute atomic E-state index is 14.9. The van der Waals surface area contributed by atoms with Crippen molar-refractivity contribution in [3.8, 4) is 11.5 Å². The van der Waals surface area contributed by atoms with Crippen LogP contribution in [0.4, 0.5) is 4.79 Å². The van der Waals surface area contributed by atoms with Gasteiger partial charge in [0.25, 0.3) is 5.91 Å². The number of pyridine rings is 1. The highest BCUT2D eigenvalue weighted by molar-refractivity contribution is 7.91. The van der Waals surface area contributed by atoms with Crippen LogP contribution in [0.2, 0.25) is 0 Å². The number of fused-ring (bicyclic) bond motifs is 5. The molecule has 3 aliphatic carbocycles. The van der Waals surface area contributed by atoms with Gasteiger partial charge in [0.1, 0.15) is 34.7 Å². The van der Waals surface area contributed by atoms with Gasteiger partial charge >= 0.3 is 6.03 Å². The van der Waals surface area contributed by atoms with Gasteiger partial charge in [-0.3, -0.25) is 19.1 Å². The van der Waals surface area contributed by atoms with E-state index < -0.39 is 73.2 Å². The molecule has 0 unspecified atom stereocenters. The number of benzene rings is 1. The van der Waals surface area contributed by atoms with E-state index in [0.29, 0.717) is 56.4 Å². The first-order valence-electron chi connectivity index (χ1n) is 20.6. The smallest absolute Gasteiger partial charge is 0.315 e. The van der Waals surface area contributed by atoms with Crippen LogP contribution < -0.4 is 30.1 Å². The predicted molar refractivity (Wildman–Crippen MR) is 213 cm³/mol. The van der Waals surface area contributed by atoms with Gasteiger partial charge in [-0.2, -0.15) is 0 Å². The lowest BCUT2D eigenvalue weighted by Crippen LogP contribution is -2.59. The first-order chi connectivity index (χ1) is 27.0. The van der Waals surface area contributed by atoms with Crippen LogP contribution in [0, 0.1) is 5.92 Å². The van der Waals surface area contributed by atoms with Crippen LogP contribution >= 0.6 is 0 Å². The van der Waals surface area contributed by atoms with Crippen molar-refractivity contribution in [3.63, 3.8) is 0 Å². The first kappa shape index (κ1) is 39.4. The predicted octanol–water partition coefficient (Wildman–Crippen LogP) is 4.65. The summed E-state index contributed by atoms with van der Waals surface area (Å²) in [5, 5.41) is 9.78. The molecule has 6 aliphatic rings. The number of nitrogens with one attached hydrogen (secondary N) is 4. The maximum atomic E-state index is 14.9. The number of sulfonamides is 1. The molecular formula is C42H56N6O8S. The van der Waals surface area contributed by atoms with Crippen molar-refractivity contribution in [3.05, 3.63) is 41.6 Å². The zero-order valence-electron chi connectivity index (χ0n) is 33.7. The summed E-state index contributed by atoms with van der Waals surface area (Å²) in [4.78, 5) is 63.5. The Morgan fingerprint density at radius 3 is 2.53 bits per heavy atom. The quantitative estimate of drug-likeness (QED) is 0.302. The van der Waals surface area contributed by atoms with E-state index in [9.17, 15) is 27.6 Å². The van der Waals surface area contributed by atoms with Gasteiger partial charge in [0, 0.05) is 40.8 Å². The SMILES string of the molecule is COc1ccc2c3c(c(C4CC4)nc2c1)O[C@]1(CC3)C[C@H]2C(=O)N[C@]3(C(=O)NS(=O)(=O)C4(C)CC4)C[C@H]3/C=C\CCCCC[C@H](NC(=O)NC(C)(C)C)C(=O)N2C1. The molecular weight excluding hydrogens is 749 g/mol. The summed E-state index contributed by atoms with van der Waals surface area (Å²) in [7, 11) is -2.35. The summed E-state index contributed by atoms with van der Waals surface area (Å²) in [6.07, 6.45) is 11.6. The lowest BCUT2D eigenvalue weighted by molar-refractivity contribution is -0.141. The summed E-state index contributed by atoms with van der Waals surface area (Å²) in [6.45, 7) is 7.28. The van der Waals surface area contributed by atoms with Crippen LogP contribution in [0.15, 0.2) is 30.4 Å². The van der Waals surface area contributed by atoms with Crippen molar-refractivity contribution in [2.75, 3.05) is 13.7 Å². The second kappa shape index (κ2) is 14.2. The van der Waals surface area contributed by atoms with Gasteiger partial charge in [-0.15, -0.1) is 0 Å². The Morgan fingerprint density at radius 1 is 1.05 bits per heavy atom. The summed E-state index contributed by atoms with van der Waals surface area (Å²) < 4.78 is 40.4. The second-order valence-electron chi connectivity index (χ2n) is 18.6. The van der Waals surface area contributed by atoms with Crippen LogP contribution in [-0.2, 0) is 30.8 Å². The van der Waals surface area contributed by atoms with Gasteiger partial charge in [0.15, 0.2) is 0 Å². The molecule has 14 nitrogen and oxygen atoms in total. The molecule has 1 spiro atoms. The van der Waals surface area contributed by atoms with E-state index >= 15 is 0 Å². The molecule has 4 heterocycles. The molecule has 4 fully saturated rings. The molecule has 2 aromatic rings. The number of nitrogens with zero attached hydrogens (tertiary/aromatic N) is 2. The van der Waals surface area contributed by atoms with Crippen LogP contribution in [0.25, 0.3) is 10.9 Å². The minimum Gasteiger partial charge on any atom is -0.497 e. The topological polar surface area (TPSA) is 185 Å². The van der Waals surface area contributed by atoms with E-state index in [0.717, 1.165) is 47.8 Å². The molecule has 1 saturated heterocycles. The molecule has 0 radical (unpaired) electrons. The lowest BCUT2D eigenvalue weighted by Gasteiger charge is -2.37. The van der Waals surface area contributed by atoms with Crippen LogP contribution in [0.1, 0.15) is 122 Å². The van der Waals surface area contributed by atoms with Gasteiger partial charge in [0.05, 0.1) is 29.6 Å².